The number of nitrogens with zero attached hydrogens (tertiary/aromatic N) is 1. The van der Waals surface area contributed by atoms with Crippen LogP contribution in [-0.4, -0.2) is 20.6 Å². The van der Waals surface area contributed by atoms with Gasteiger partial charge in [0.2, 0.25) is 15.9 Å². The molecule has 6 nitrogen and oxygen atoms in total. The molecule has 0 radical (unpaired) electrons. The molecule has 1 aliphatic rings. The summed E-state index contributed by atoms with van der Waals surface area (Å²) in [6, 6.07) is 5.63. The molecule has 1 fully saturated rings. The number of nitrogens with one attached hydrogen (secondary N) is 2. The van der Waals surface area contributed by atoms with Gasteiger partial charge in [-0.05, 0) is 31.0 Å². The molecule has 0 aromatic heterocycles. The molecule has 1 aromatic rings. The molecule has 0 bridgehead atoms. The second-order valence-electron chi connectivity index (χ2n) is 5.42. The first-order valence-corrected chi connectivity index (χ1v) is 8.65. The lowest BCUT2D eigenvalue weighted by molar-refractivity contribution is -0.122. The van der Waals surface area contributed by atoms with Crippen molar-refractivity contribution in [3.8, 4) is 6.07 Å². The lowest BCUT2D eigenvalue weighted by Crippen LogP contribution is -2.32. The molecule has 0 atom stereocenters. The van der Waals surface area contributed by atoms with Crippen LogP contribution < -0.4 is 10.0 Å². The van der Waals surface area contributed by atoms with Crippen LogP contribution in [0.15, 0.2) is 18.2 Å². The molecule has 0 heterocycles. The molecule has 0 aliphatic heterocycles. The maximum absolute atomic E-state index is 13.6. The van der Waals surface area contributed by atoms with Crippen molar-refractivity contribution in [1.29, 1.82) is 5.26 Å². The lowest BCUT2D eigenvalue weighted by Gasteiger charge is -2.19. The number of benzene rings is 1. The quantitative estimate of drug-likeness (QED) is 0.886. The Labute approximate surface area is 128 Å². The number of anilines is 2. The van der Waals surface area contributed by atoms with Gasteiger partial charge >= 0.3 is 0 Å². The van der Waals surface area contributed by atoms with Crippen LogP contribution in [0.3, 0.4) is 0 Å². The van der Waals surface area contributed by atoms with Crippen molar-refractivity contribution in [2.24, 2.45) is 5.41 Å². The average Bonchev–Trinajstić information content (AvgIpc) is 2.91. The third-order valence-electron chi connectivity index (χ3n) is 3.63. The fourth-order valence-corrected chi connectivity index (χ4v) is 3.06. The van der Waals surface area contributed by atoms with Gasteiger partial charge in [0.1, 0.15) is 11.2 Å². The van der Waals surface area contributed by atoms with Gasteiger partial charge in [0.05, 0.1) is 18.0 Å². The fraction of sp³-hybridized carbons (Fsp3) is 0.429. The van der Waals surface area contributed by atoms with Crippen LogP contribution in [0, 0.1) is 22.6 Å². The summed E-state index contributed by atoms with van der Waals surface area (Å²) in [5.74, 6) is -1.19. The summed E-state index contributed by atoms with van der Waals surface area (Å²) in [6.45, 7) is 0. The van der Waals surface area contributed by atoms with E-state index in [2.05, 4.69) is 11.4 Å². The Bertz CT molecular complexity index is 734. The van der Waals surface area contributed by atoms with E-state index in [0.717, 1.165) is 25.2 Å². The third-order valence-corrected chi connectivity index (χ3v) is 4.22. The van der Waals surface area contributed by atoms with Gasteiger partial charge < -0.3 is 5.32 Å². The van der Waals surface area contributed by atoms with E-state index in [0.29, 0.717) is 12.8 Å². The molecule has 22 heavy (non-hydrogen) atoms. The summed E-state index contributed by atoms with van der Waals surface area (Å²) in [7, 11) is -3.63. The van der Waals surface area contributed by atoms with Crippen LogP contribution in [0.25, 0.3) is 0 Å². The summed E-state index contributed by atoms with van der Waals surface area (Å²) >= 11 is 0. The van der Waals surface area contributed by atoms with Crippen LogP contribution in [0.5, 0.6) is 0 Å². The highest BCUT2D eigenvalue weighted by molar-refractivity contribution is 7.92. The monoisotopic (exact) mass is 325 g/mol. The predicted octanol–water partition coefficient (Wildman–Crippen LogP) is 2.22. The summed E-state index contributed by atoms with van der Waals surface area (Å²) in [4.78, 5) is 12.3. The molecule has 0 saturated heterocycles. The molecule has 1 aliphatic carbocycles. The summed E-state index contributed by atoms with van der Waals surface area (Å²) in [5.41, 5.74) is -1.07. The van der Waals surface area contributed by atoms with Gasteiger partial charge in [-0.25, -0.2) is 12.8 Å². The molecule has 1 amide bonds. The molecular weight excluding hydrogens is 309 g/mol. The van der Waals surface area contributed by atoms with Crippen LogP contribution >= 0.6 is 0 Å². The largest absolute Gasteiger partial charge is 0.325 e. The minimum atomic E-state index is -3.63. The van der Waals surface area contributed by atoms with E-state index in [1.54, 1.807) is 0 Å². The van der Waals surface area contributed by atoms with E-state index in [1.807, 2.05) is 4.72 Å². The van der Waals surface area contributed by atoms with Crippen LogP contribution in [0.2, 0.25) is 0 Å². The highest BCUT2D eigenvalue weighted by Gasteiger charge is 2.41. The van der Waals surface area contributed by atoms with E-state index in [4.69, 9.17) is 0 Å². The van der Waals surface area contributed by atoms with Gasteiger partial charge in [-0.2, -0.15) is 5.26 Å². The molecule has 8 heteroatoms. The van der Waals surface area contributed by atoms with Crippen molar-refractivity contribution in [2.75, 3.05) is 16.3 Å². The Morgan fingerprint density at radius 3 is 2.55 bits per heavy atom. The first-order valence-electron chi connectivity index (χ1n) is 6.76. The zero-order valence-corrected chi connectivity index (χ0v) is 12.8. The first-order chi connectivity index (χ1) is 10.3. The van der Waals surface area contributed by atoms with Gasteiger partial charge in [0.15, 0.2) is 0 Å². The zero-order valence-electron chi connectivity index (χ0n) is 12.0. The van der Waals surface area contributed by atoms with Crippen LogP contribution in [0.1, 0.15) is 25.7 Å². The molecule has 0 spiro atoms. The van der Waals surface area contributed by atoms with E-state index >= 15 is 0 Å². The molecule has 2 N–H and O–H groups in total. The topological polar surface area (TPSA) is 99.1 Å². The van der Waals surface area contributed by atoms with Gasteiger partial charge in [0.25, 0.3) is 0 Å². The number of halogens is 1. The summed E-state index contributed by atoms with van der Waals surface area (Å²) in [5, 5.41) is 11.8. The maximum atomic E-state index is 13.6. The normalized spacial score (nSPS) is 16.8. The standard InChI is InChI=1S/C14H16FN3O3S/c1-22(20,21)18-12-8-10(4-5-11(12)15)17-13(19)14(9-16)6-2-3-7-14/h4-5,8,18H,2-3,6-7H2,1H3,(H,17,19). The highest BCUT2D eigenvalue weighted by Crippen LogP contribution is 2.38. The number of carbonyl (C=O) groups is 1. The molecule has 0 unspecified atom stereocenters. The smallest absolute Gasteiger partial charge is 0.244 e. The average molecular weight is 325 g/mol. The maximum Gasteiger partial charge on any atom is 0.244 e. The zero-order chi connectivity index (χ0) is 16.4. The van der Waals surface area contributed by atoms with Crippen molar-refractivity contribution in [2.45, 2.75) is 25.7 Å². The number of carbonyl (C=O) groups excluding carboxylic acids is 1. The van der Waals surface area contributed by atoms with E-state index in [1.165, 1.54) is 12.1 Å². The van der Waals surface area contributed by atoms with E-state index < -0.39 is 27.2 Å². The molecule has 2 rings (SSSR count). The third kappa shape index (κ3) is 3.54. The van der Waals surface area contributed by atoms with Gasteiger partial charge in [-0.1, -0.05) is 12.8 Å². The number of nitriles is 1. The van der Waals surface area contributed by atoms with Crippen LogP contribution in [-0.2, 0) is 14.8 Å². The van der Waals surface area contributed by atoms with Crippen molar-refractivity contribution in [1.82, 2.24) is 0 Å². The van der Waals surface area contributed by atoms with Gasteiger partial charge in [0, 0.05) is 5.69 Å². The molecule has 118 valence electrons. The summed E-state index contributed by atoms with van der Waals surface area (Å²) in [6.07, 6.45) is 3.51. The Morgan fingerprint density at radius 1 is 1.36 bits per heavy atom. The number of sulfonamides is 1. The van der Waals surface area contributed by atoms with Crippen molar-refractivity contribution in [3.05, 3.63) is 24.0 Å². The van der Waals surface area contributed by atoms with E-state index in [9.17, 15) is 22.9 Å². The van der Waals surface area contributed by atoms with Crippen molar-refractivity contribution < 1.29 is 17.6 Å². The Morgan fingerprint density at radius 2 is 2.00 bits per heavy atom. The second kappa shape index (κ2) is 5.93. The van der Waals surface area contributed by atoms with E-state index in [-0.39, 0.29) is 11.4 Å². The van der Waals surface area contributed by atoms with Crippen molar-refractivity contribution >= 4 is 27.3 Å². The second-order valence-corrected chi connectivity index (χ2v) is 7.17. The highest BCUT2D eigenvalue weighted by atomic mass is 32.2. The number of rotatable bonds is 4. The fourth-order valence-electron chi connectivity index (χ4n) is 2.50. The summed E-state index contributed by atoms with van der Waals surface area (Å²) < 4.78 is 38.0. The molecule has 1 saturated carbocycles. The predicted molar refractivity (Wildman–Crippen MR) is 80.0 cm³/mol. The van der Waals surface area contributed by atoms with Crippen LogP contribution in [0.4, 0.5) is 15.8 Å². The minimum absolute atomic E-state index is 0.235. The Kier molecular flexibility index (Phi) is 4.37. The number of amides is 1. The SMILES string of the molecule is CS(=O)(=O)Nc1cc(NC(=O)C2(C#N)CCCC2)ccc1F. The van der Waals surface area contributed by atoms with Crippen molar-refractivity contribution in [3.63, 3.8) is 0 Å². The van der Waals surface area contributed by atoms with Gasteiger partial charge in [-0.3, -0.25) is 9.52 Å². The Balaban J connectivity index is 2.22. The molecule has 1 aromatic carbocycles. The Hall–Kier alpha value is -2.14. The first kappa shape index (κ1) is 16.2. The number of hydrogen-bond acceptors (Lipinski definition) is 4. The van der Waals surface area contributed by atoms with Gasteiger partial charge in [-0.15, -0.1) is 0 Å². The number of hydrogen-bond donors (Lipinski definition) is 2. The molecular formula is C14H16FN3O3S. The lowest BCUT2D eigenvalue weighted by atomic mass is 9.87. The minimum Gasteiger partial charge on any atom is -0.325 e.